The fourth-order valence-corrected chi connectivity index (χ4v) is 2.76. The molecular weight excluding hydrogens is 304 g/mol. The van der Waals surface area contributed by atoms with Crippen molar-refractivity contribution in [1.29, 1.82) is 0 Å². The molecule has 0 atom stereocenters. The molecule has 0 spiro atoms. The number of amides is 2. The Morgan fingerprint density at radius 3 is 2.58 bits per heavy atom. The summed E-state index contributed by atoms with van der Waals surface area (Å²) in [7, 11) is 0. The van der Waals surface area contributed by atoms with Crippen LogP contribution in [-0.4, -0.2) is 11.8 Å². The van der Waals surface area contributed by atoms with Gasteiger partial charge in [0.2, 0.25) is 5.91 Å². The highest BCUT2D eigenvalue weighted by molar-refractivity contribution is 6.05. The molecule has 24 heavy (non-hydrogen) atoms. The average Bonchev–Trinajstić information content (AvgIpc) is 2.53. The lowest BCUT2D eigenvalue weighted by Gasteiger charge is -2.21. The van der Waals surface area contributed by atoms with Crippen LogP contribution in [0.4, 0.5) is 5.69 Å². The fourth-order valence-electron chi connectivity index (χ4n) is 2.76. The summed E-state index contributed by atoms with van der Waals surface area (Å²) in [6.45, 7) is 3.56. The van der Waals surface area contributed by atoms with Crippen LogP contribution in [0.25, 0.3) is 0 Å². The zero-order valence-electron chi connectivity index (χ0n) is 13.6. The van der Waals surface area contributed by atoms with Crippen LogP contribution in [0.3, 0.4) is 0 Å². The summed E-state index contributed by atoms with van der Waals surface area (Å²) in [5.74, 6) is 0.680. The van der Waals surface area contributed by atoms with E-state index in [1.165, 1.54) is 0 Å². The van der Waals surface area contributed by atoms with Crippen molar-refractivity contribution < 1.29 is 14.3 Å². The third kappa shape index (κ3) is 3.01. The predicted molar refractivity (Wildman–Crippen MR) is 91.8 cm³/mol. The minimum absolute atomic E-state index is 0.215. The number of rotatable bonds is 3. The molecule has 0 unspecified atom stereocenters. The molecule has 0 saturated carbocycles. The SMILES string of the molecule is CC1=C(C(=O)Nc2ccc(C(N)=O)c(C)c2)Cc2ccccc2O1. The van der Waals surface area contributed by atoms with Gasteiger partial charge in [-0.2, -0.15) is 0 Å². The lowest BCUT2D eigenvalue weighted by atomic mass is 10.00. The number of para-hydroxylation sites is 1. The number of allylic oxidation sites excluding steroid dienone is 1. The highest BCUT2D eigenvalue weighted by atomic mass is 16.5. The number of hydrogen-bond donors (Lipinski definition) is 2. The topological polar surface area (TPSA) is 81.4 Å². The van der Waals surface area contributed by atoms with Crippen LogP contribution in [0.2, 0.25) is 0 Å². The first-order chi connectivity index (χ1) is 11.5. The summed E-state index contributed by atoms with van der Waals surface area (Å²) in [5, 5.41) is 2.85. The molecular formula is C19H18N2O3. The molecule has 2 amide bonds. The van der Waals surface area contributed by atoms with Gasteiger partial charge in [0, 0.05) is 17.7 Å². The molecule has 1 aliphatic heterocycles. The van der Waals surface area contributed by atoms with Crippen LogP contribution in [-0.2, 0) is 11.2 Å². The molecule has 5 nitrogen and oxygen atoms in total. The highest BCUT2D eigenvalue weighted by Gasteiger charge is 2.22. The third-order valence-corrected chi connectivity index (χ3v) is 4.05. The molecule has 1 heterocycles. The van der Waals surface area contributed by atoms with Gasteiger partial charge in [-0.25, -0.2) is 0 Å². The zero-order chi connectivity index (χ0) is 17.3. The predicted octanol–water partition coefficient (Wildman–Crippen LogP) is 2.94. The Bertz CT molecular complexity index is 869. The summed E-state index contributed by atoms with van der Waals surface area (Å²) in [4.78, 5) is 23.9. The molecule has 0 aliphatic carbocycles. The van der Waals surface area contributed by atoms with Gasteiger partial charge in [-0.05, 0) is 49.2 Å². The number of anilines is 1. The summed E-state index contributed by atoms with van der Waals surface area (Å²) in [6.07, 6.45) is 0.520. The zero-order valence-corrected chi connectivity index (χ0v) is 13.6. The van der Waals surface area contributed by atoms with Gasteiger partial charge in [-0.1, -0.05) is 18.2 Å². The maximum absolute atomic E-state index is 12.6. The third-order valence-electron chi connectivity index (χ3n) is 4.05. The Kier molecular flexibility index (Phi) is 4.08. The summed E-state index contributed by atoms with van der Waals surface area (Å²) in [5.41, 5.74) is 8.64. The lowest BCUT2D eigenvalue weighted by molar-refractivity contribution is -0.113. The number of ether oxygens (including phenoxy) is 1. The first-order valence-electron chi connectivity index (χ1n) is 7.63. The Labute approximate surface area is 140 Å². The molecule has 122 valence electrons. The smallest absolute Gasteiger partial charge is 0.255 e. The van der Waals surface area contributed by atoms with Crippen molar-refractivity contribution in [3.05, 3.63) is 70.5 Å². The molecule has 1 aliphatic rings. The maximum Gasteiger partial charge on any atom is 0.255 e. The number of hydrogen-bond acceptors (Lipinski definition) is 3. The second kappa shape index (κ2) is 6.20. The second-order valence-corrected chi connectivity index (χ2v) is 5.77. The van der Waals surface area contributed by atoms with Crippen LogP contribution in [0, 0.1) is 6.92 Å². The van der Waals surface area contributed by atoms with Gasteiger partial charge >= 0.3 is 0 Å². The average molecular weight is 322 g/mol. The Morgan fingerprint density at radius 1 is 1.12 bits per heavy atom. The van der Waals surface area contributed by atoms with Gasteiger partial charge in [-0.15, -0.1) is 0 Å². The number of primary amides is 1. The van der Waals surface area contributed by atoms with E-state index >= 15 is 0 Å². The summed E-state index contributed by atoms with van der Waals surface area (Å²) in [6, 6.07) is 12.7. The molecule has 0 saturated heterocycles. The van der Waals surface area contributed by atoms with E-state index in [2.05, 4.69) is 5.32 Å². The second-order valence-electron chi connectivity index (χ2n) is 5.77. The highest BCUT2D eigenvalue weighted by Crippen LogP contribution is 2.30. The lowest BCUT2D eigenvalue weighted by Crippen LogP contribution is -2.22. The molecule has 5 heteroatoms. The standard InChI is InChI=1S/C19H18N2O3/c1-11-9-14(7-8-15(11)18(20)22)21-19(23)16-10-13-5-3-4-6-17(13)24-12(16)2/h3-9H,10H2,1-2H3,(H2,20,22)(H,21,23). The van der Waals surface area contributed by atoms with E-state index in [4.69, 9.17) is 10.5 Å². The number of nitrogens with one attached hydrogen (secondary N) is 1. The van der Waals surface area contributed by atoms with Crippen molar-refractivity contribution >= 4 is 17.5 Å². The minimum Gasteiger partial charge on any atom is -0.461 e. The monoisotopic (exact) mass is 322 g/mol. The number of fused-ring (bicyclic) bond motifs is 1. The van der Waals surface area contributed by atoms with Gasteiger partial charge in [0.15, 0.2) is 0 Å². The van der Waals surface area contributed by atoms with Crippen molar-refractivity contribution in [3.8, 4) is 5.75 Å². The van der Waals surface area contributed by atoms with E-state index in [1.807, 2.05) is 24.3 Å². The van der Waals surface area contributed by atoms with Gasteiger partial charge in [0.05, 0.1) is 5.57 Å². The van der Waals surface area contributed by atoms with E-state index < -0.39 is 5.91 Å². The van der Waals surface area contributed by atoms with Crippen LogP contribution in [0.5, 0.6) is 5.75 Å². The van der Waals surface area contributed by atoms with Crippen molar-refractivity contribution in [2.75, 3.05) is 5.32 Å². The largest absolute Gasteiger partial charge is 0.461 e. The maximum atomic E-state index is 12.6. The number of carbonyl (C=O) groups excluding carboxylic acids is 2. The molecule has 0 bridgehead atoms. The summed E-state index contributed by atoms with van der Waals surface area (Å²) < 4.78 is 5.74. The first-order valence-corrected chi connectivity index (χ1v) is 7.63. The number of aryl methyl sites for hydroxylation is 1. The van der Waals surface area contributed by atoms with Gasteiger partial charge < -0.3 is 15.8 Å². The van der Waals surface area contributed by atoms with Gasteiger partial charge in [0.1, 0.15) is 11.5 Å². The molecule has 0 radical (unpaired) electrons. The van der Waals surface area contributed by atoms with Crippen molar-refractivity contribution in [2.24, 2.45) is 5.73 Å². The van der Waals surface area contributed by atoms with E-state index in [1.54, 1.807) is 32.0 Å². The van der Waals surface area contributed by atoms with Crippen LogP contribution >= 0.6 is 0 Å². The minimum atomic E-state index is -0.485. The Hall–Kier alpha value is -3.08. The molecule has 0 aromatic heterocycles. The molecule has 0 fully saturated rings. The first kappa shape index (κ1) is 15.8. The molecule has 3 N–H and O–H groups in total. The van der Waals surface area contributed by atoms with Crippen molar-refractivity contribution in [1.82, 2.24) is 0 Å². The van der Waals surface area contributed by atoms with E-state index in [9.17, 15) is 9.59 Å². The van der Waals surface area contributed by atoms with Crippen LogP contribution in [0.15, 0.2) is 53.8 Å². The van der Waals surface area contributed by atoms with Crippen molar-refractivity contribution in [2.45, 2.75) is 20.3 Å². The number of nitrogens with two attached hydrogens (primary N) is 1. The van der Waals surface area contributed by atoms with Crippen LogP contribution in [0.1, 0.15) is 28.4 Å². The van der Waals surface area contributed by atoms with E-state index in [-0.39, 0.29) is 5.91 Å². The Morgan fingerprint density at radius 2 is 1.88 bits per heavy atom. The quantitative estimate of drug-likeness (QED) is 0.911. The van der Waals surface area contributed by atoms with E-state index in [0.717, 1.165) is 16.9 Å². The number of benzene rings is 2. The number of carbonyl (C=O) groups is 2. The molecule has 2 aromatic rings. The molecule has 2 aromatic carbocycles. The van der Waals surface area contributed by atoms with Gasteiger partial charge in [-0.3, -0.25) is 9.59 Å². The molecule has 3 rings (SSSR count). The van der Waals surface area contributed by atoms with Gasteiger partial charge in [0.25, 0.3) is 5.91 Å². The fraction of sp³-hybridized carbons (Fsp3) is 0.158. The Balaban J connectivity index is 1.81. The van der Waals surface area contributed by atoms with E-state index in [0.29, 0.717) is 29.0 Å². The normalized spacial score (nSPS) is 13.1. The van der Waals surface area contributed by atoms with Crippen molar-refractivity contribution in [3.63, 3.8) is 0 Å². The van der Waals surface area contributed by atoms with Crippen LogP contribution < -0.4 is 15.8 Å². The summed E-state index contributed by atoms with van der Waals surface area (Å²) >= 11 is 0.